The smallest absolute Gasteiger partial charge is 0.204 e. The molecule has 0 amide bonds. The largest absolute Gasteiger partial charge is 0.382 e. The minimum atomic E-state index is 0.767. The molecule has 2 aromatic rings. The van der Waals surface area contributed by atoms with E-state index in [0.717, 1.165) is 48.5 Å². The first-order valence-electron chi connectivity index (χ1n) is 8.35. The normalized spacial score (nSPS) is 12.3. The molecule has 0 aliphatic rings. The maximum Gasteiger partial charge on any atom is 0.204 e. The average molecular weight is 368 g/mol. The third kappa shape index (κ3) is 5.98. The standard InChI is InChI=1S/C17H26N4OS2/c1-4-22-11-7-10-18-16-19-21(17(23)24-16)13-20(3)12-15-9-6-5-8-14(15)2/h5-6,8-9H,4,7,10-13H2,1-3H3,(H,18,19)/p+1. The molecule has 1 aromatic carbocycles. The molecule has 24 heavy (non-hydrogen) atoms. The maximum absolute atomic E-state index is 5.44. The molecular weight excluding hydrogens is 340 g/mol. The Morgan fingerprint density at radius 2 is 2.17 bits per heavy atom. The summed E-state index contributed by atoms with van der Waals surface area (Å²) in [6, 6.07) is 8.51. The summed E-state index contributed by atoms with van der Waals surface area (Å²) in [5.41, 5.74) is 2.70. The number of nitrogens with zero attached hydrogens (tertiary/aromatic N) is 2. The molecule has 1 heterocycles. The van der Waals surface area contributed by atoms with Crippen molar-refractivity contribution in [1.82, 2.24) is 9.78 Å². The average Bonchev–Trinajstić information content (AvgIpc) is 2.89. The van der Waals surface area contributed by atoms with Crippen molar-refractivity contribution in [2.75, 3.05) is 32.1 Å². The van der Waals surface area contributed by atoms with Gasteiger partial charge in [0.25, 0.3) is 0 Å². The second-order valence-electron chi connectivity index (χ2n) is 5.87. The number of benzene rings is 1. The summed E-state index contributed by atoms with van der Waals surface area (Å²) in [6.45, 7) is 8.29. The van der Waals surface area contributed by atoms with E-state index in [1.165, 1.54) is 27.4 Å². The summed E-state index contributed by atoms with van der Waals surface area (Å²) < 4.78 is 8.06. The number of aromatic nitrogens is 2. The molecule has 132 valence electrons. The Balaban J connectivity index is 1.86. The SMILES string of the molecule is CCOCCCNc1nn(C[NH+](C)Cc2ccccc2C)c(=S)s1. The molecule has 0 spiro atoms. The highest BCUT2D eigenvalue weighted by molar-refractivity contribution is 7.73. The number of rotatable bonds is 10. The maximum atomic E-state index is 5.44. The molecule has 0 bridgehead atoms. The fourth-order valence-electron chi connectivity index (χ4n) is 2.44. The Morgan fingerprint density at radius 1 is 1.38 bits per heavy atom. The van der Waals surface area contributed by atoms with Gasteiger partial charge in [0.15, 0.2) is 10.6 Å². The highest BCUT2D eigenvalue weighted by Crippen LogP contribution is 2.13. The van der Waals surface area contributed by atoms with E-state index in [-0.39, 0.29) is 0 Å². The Bertz CT molecular complexity index is 683. The molecule has 0 aliphatic carbocycles. The summed E-state index contributed by atoms with van der Waals surface area (Å²) in [4.78, 5) is 1.36. The Hall–Kier alpha value is -1.28. The monoisotopic (exact) mass is 367 g/mol. The lowest BCUT2D eigenvalue weighted by Gasteiger charge is -2.15. The van der Waals surface area contributed by atoms with Crippen LogP contribution in [0.2, 0.25) is 0 Å². The first kappa shape index (κ1) is 19.1. The van der Waals surface area contributed by atoms with E-state index in [4.69, 9.17) is 17.0 Å². The molecule has 5 nitrogen and oxygen atoms in total. The number of ether oxygens (including phenoxy) is 1. The molecule has 1 aromatic heterocycles. The summed E-state index contributed by atoms with van der Waals surface area (Å²) >= 11 is 6.97. The number of hydrogen-bond acceptors (Lipinski definition) is 5. The van der Waals surface area contributed by atoms with E-state index in [9.17, 15) is 0 Å². The third-order valence-corrected chi connectivity index (χ3v) is 4.99. The summed E-state index contributed by atoms with van der Waals surface area (Å²) in [5.74, 6) is 0. The number of aryl methyl sites for hydroxylation is 1. The van der Waals surface area contributed by atoms with Gasteiger partial charge in [-0.3, -0.25) is 0 Å². The van der Waals surface area contributed by atoms with Crippen LogP contribution in [0.1, 0.15) is 24.5 Å². The Kier molecular flexibility index (Phi) is 7.84. The van der Waals surface area contributed by atoms with Crippen molar-refractivity contribution >= 4 is 28.7 Å². The molecule has 0 aliphatic heterocycles. The van der Waals surface area contributed by atoms with Gasteiger partial charge in [0.1, 0.15) is 6.54 Å². The quantitative estimate of drug-likeness (QED) is 0.500. The minimum Gasteiger partial charge on any atom is -0.382 e. The highest BCUT2D eigenvalue weighted by atomic mass is 32.1. The van der Waals surface area contributed by atoms with Crippen LogP contribution < -0.4 is 10.2 Å². The van der Waals surface area contributed by atoms with Crippen molar-refractivity contribution in [3.8, 4) is 0 Å². The summed E-state index contributed by atoms with van der Waals surface area (Å²) in [6.07, 6.45) is 0.971. The topological polar surface area (TPSA) is 43.5 Å². The van der Waals surface area contributed by atoms with E-state index in [0.29, 0.717) is 0 Å². The van der Waals surface area contributed by atoms with Crippen molar-refractivity contribution in [1.29, 1.82) is 0 Å². The van der Waals surface area contributed by atoms with Crippen LogP contribution in [-0.2, 0) is 18.0 Å². The van der Waals surface area contributed by atoms with Gasteiger partial charge in [-0.1, -0.05) is 35.6 Å². The lowest BCUT2D eigenvalue weighted by Crippen LogP contribution is -3.07. The van der Waals surface area contributed by atoms with Crippen LogP contribution in [0.4, 0.5) is 5.13 Å². The van der Waals surface area contributed by atoms with Crippen molar-refractivity contribution in [3.05, 3.63) is 39.3 Å². The molecule has 0 fully saturated rings. The zero-order valence-corrected chi connectivity index (χ0v) is 16.3. The molecule has 2 rings (SSSR count). The van der Waals surface area contributed by atoms with Crippen molar-refractivity contribution in [2.45, 2.75) is 33.5 Å². The van der Waals surface area contributed by atoms with Crippen molar-refractivity contribution < 1.29 is 9.64 Å². The Morgan fingerprint density at radius 3 is 2.92 bits per heavy atom. The van der Waals surface area contributed by atoms with Crippen LogP contribution in [0.5, 0.6) is 0 Å². The van der Waals surface area contributed by atoms with Crippen LogP contribution >= 0.6 is 23.6 Å². The van der Waals surface area contributed by atoms with Gasteiger partial charge in [-0.25, -0.2) is 0 Å². The van der Waals surface area contributed by atoms with E-state index < -0.39 is 0 Å². The van der Waals surface area contributed by atoms with Gasteiger partial charge in [0.2, 0.25) is 5.13 Å². The van der Waals surface area contributed by atoms with Crippen molar-refractivity contribution in [2.24, 2.45) is 0 Å². The lowest BCUT2D eigenvalue weighted by atomic mass is 10.1. The lowest BCUT2D eigenvalue weighted by molar-refractivity contribution is -0.917. The summed E-state index contributed by atoms with van der Waals surface area (Å²) in [7, 11) is 2.17. The molecule has 1 unspecified atom stereocenters. The Labute approximate surface area is 153 Å². The van der Waals surface area contributed by atoms with Gasteiger partial charge < -0.3 is 15.0 Å². The zero-order chi connectivity index (χ0) is 17.4. The van der Waals surface area contributed by atoms with Crippen molar-refractivity contribution in [3.63, 3.8) is 0 Å². The first-order valence-corrected chi connectivity index (χ1v) is 9.58. The zero-order valence-electron chi connectivity index (χ0n) is 14.7. The van der Waals surface area contributed by atoms with E-state index in [2.05, 4.69) is 48.7 Å². The van der Waals surface area contributed by atoms with E-state index in [1.54, 1.807) is 0 Å². The summed E-state index contributed by atoms with van der Waals surface area (Å²) in [5, 5.41) is 8.81. The van der Waals surface area contributed by atoms with Gasteiger partial charge in [0, 0.05) is 25.3 Å². The van der Waals surface area contributed by atoms with Crippen LogP contribution in [0, 0.1) is 10.9 Å². The fourth-order valence-corrected chi connectivity index (χ4v) is 3.47. The predicted molar refractivity (Wildman–Crippen MR) is 102 cm³/mol. The molecule has 7 heteroatoms. The molecule has 2 N–H and O–H groups in total. The van der Waals surface area contributed by atoms with Gasteiger partial charge in [-0.05, 0) is 38.0 Å². The van der Waals surface area contributed by atoms with E-state index in [1.807, 2.05) is 11.6 Å². The molecule has 1 atom stereocenters. The van der Waals surface area contributed by atoms with Gasteiger partial charge >= 0.3 is 0 Å². The second kappa shape index (κ2) is 9.88. The second-order valence-corrected chi connectivity index (χ2v) is 7.49. The number of quaternary nitrogens is 1. The molecule has 0 radical (unpaired) electrons. The molecular formula is C17H27N4OS2+. The third-order valence-electron chi connectivity index (χ3n) is 3.73. The van der Waals surface area contributed by atoms with Gasteiger partial charge in [0.05, 0.1) is 7.05 Å². The van der Waals surface area contributed by atoms with Crippen LogP contribution in [-0.4, -0.2) is 36.6 Å². The van der Waals surface area contributed by atoms with Crippen LogP contribution in [0.25, 0.3) is 0 Å². The minimum absolute atomic E-state index is 0.767. The predicted octanol–water partition coefficient (Wildman–Crippen LogP) is 2.49. The van der Waals surface area contributed by atoms with Gasteiger partial charge in [-0.2, -0.15) is 4.68 Å². The van der Waals surface area contributed by atoms with E-state index >= 15 is 0 Å². The molecule has 0 saturated heterocycles. The number of hydrogen-bond donors (Lipinski definition) is 2. The van der Waals surface area contributed by atoms with Crippen LogP contribution in [0.3, 0.4) is 0 Å². The fraction of sp³-hybridized carbons (Fsp3) is 0.529. The molecule has 0 saturated carbocycles. The number of anilines is 1. The first-order chi connectivity index (χ1) is 11.6. The highest BCUT2D eigenvalue weighted by Gasteiger charge is 2.10. The van der Waals surface area contributed by atoms with Gasteiger partial charge in [-0.15, -0.1) is 5.10 Å². The van der Waals surface area contributed by atoms with Crippen LogP contribution in [0.15, 0.2) is 24.3 Å². The number of nitrogens with one attached hydrogen (secondary N) is 2.